The number of aromatic nitrogens is 1. The van der Waals surface area contributed by atoms with Crippen LogP contribution in [-0.4, -0.2) is 16.8 Å². The zero-order chi connectivity index (χ0) is 12.8. The summed E-state index contributed by atoms with van der Waals surface area (Å²) in [7, 11) is 0. The maximum absolute atomic E-state index is 11.6. The van der Waals surface area contributed by atoms with Gasteiger partial charge < -0.3 is 0 Å². The van der Waals surface area contributed by atoms with Crippen LogP contribution in [0.4, 0.5) is 0 Å². The predicted octanol–water partition coefficient (Wildman–Crippen LogP) is 1.42. The molecule has 1 aliphatic rings. The summed E-state index contributed by atoms with van der Waals surface area (Å²) in [6.07, 6.45) is 8.19. The number of nitrogens with zero attached hydrogens (tertiary/aromatic N) is 1. The van der Waals surface area contributed by atoms with Crippen LogP contribution in [0.5, 0.6) is 0 Å². The highest BCUT2D eigenvalue weighted by atomic mass is 16.2. The summed E-state index contributed by atoms with van der Waals surface area (Å²) in [5, 5.41) is 0. The van der Waals surface area contributed by atoms with Gasteiger partial charge in [-0.05, 0) is 30.9 Å². The van der Waals surface area contributed by atoms with E-state index in [-0.39, 0.29) is 11.8 Å². The van der Waals surface area contributed by atoms with Gasteiger partial charge in [-0.1, -0.05) is 12.8 Å². The van der Waals surface area contributed by atoms with Crippen molar-refractivity contribution >= 4 is 11.8 Å². The summed E-state index contributed by atoms with van der Waals surface area (Å²) in [5.74, 6) is 0.00214. The zero-order valence-corrected chi connectivity index (χ0v) is 10.2. The topological polar surface area (TPSA) is 71.1 Å². The van der Waals surface area contributed by atoms with Gasteiger partial charge in [0.1, 0.15) is 0 Å². The number of nitrogens with one attached hydrogen (secondary N) is 2. The number of hydrogen-bond acceptors (Lipinski definition) is 3. The number of carbonyl (C=O) groups is 2. The van der Waals surface area contributed by atoms with E-state index in [1.165, 1.54) is 19.0 Å². The van der Waals surface area contributed by atoms with Gasteiger partial charge in [0.25, 0.3) is 5.91 Å². The molecule has 2 amide bonds. The Morgan fingerprint density at radius 3 is 2.72 bits per heavy atom. The molecule has 1 fully saturated rings. The molecule has 0 saturated heterocycles. The van der Waals surface area contributed by atoms with Gasteiger partial charge in [0.15, 0.2) is 0 Å². The van der Waals surface area contributed by atoms with Crippen LogP contribution in [0, 0.1) is 5.92 Å². The number of rotatable bonds is 3. The minimum absolute atomic E-state index is 0.126. The third-order valence-electron chi connectivity index (χ3n) is 3.19. The van der Waals surface area contributed by atoms with Gasteiger partial charge in [0, 0.05) is 18.8 Å². The van der Waals surface area contributed by atoms with Crippen LogP contribution in [0.3, 0.4) is 0 Å². The Hall–Kier alpha value is -1.91. The lowest BCUT2D eigenvalue weighted by molar-refractivity contribution is -0.122. The molecule has 2 N–H and O–H groups in total. The normalized spacial score (nSPS) is 15.3. The SMILES string of the molecule is O=C(CC1CCCC1)NNC(=O)c1cccnc1. The van der Waals surface area contributed by atoms with Crippen LogP contribution in [0.15, 0.2) is 24.5 Å². The quantitative estimate of drug-likeness (QED) is 0.794. The lowest BCUT2D eigenvalue weighted by Crippen LogP contribution is -2.42. The Balaban J connectivity index is 1.74. The molecule has 5 heteroatoms. The highest BCUT2D eigenvalue weighted by Crippen LogP contribution is 2.27. The Morgan fingerprint density at radius 1 is 1.28 bits per heavy atom. The van der Waals surface area contributed by atoms with E-state index in [1.54, 1.807) is 18.3 Å². The predicted molar refractivity (Wildman–Crippen MR) is 66.4 cm³/mol. The molecule has 0 spiro atoms. The van der Waals surface area contributed by atoms with Crippen molar-refractivity contribution in [2.45, 2.75) is 32.1 Å². The second kappa shape index (κ2) is 6.14. The molecule has 18 heavy (non-hydrogen) atoms. The molecule has 2 rings (SSSR count). The minimum Gasteiger partial charge on any atom is -0.273 e. The van der Waals surface area contributed by atoms with Crippen LogP contribution >= 0.6 is 0 Å². The maximum Gasteiger partial charge on any atom is 0.271 e. The molecule has 1 aromatic rings. The highest BCUT2D eigenvalue weighted by molar-refractivity contribution is 5.95. The van der Waals surface area contributed by atoms with Gasteiger partial charge in [0.2, 0.25) is 5.91 Å². The van der Waals surface area contributed by atoms with Crippen LogP contribution in [-0.2, 0) is 4.79 Å². The Kier molecular flexibility index (Phi) is 4.28. The molecule has 1 saturated carbocycles. The Bertz CT molecular complexity index is 414. The van der Waals surface area contributed by atoms with Crippen LogP contribution in [0.25, 0.3) is 0 Å². The highest BCUT2D eigenvalue weighted by Gasteiger charge is 2.18. The van der Waals surface area contributed by atoms with E-state index in [4.69, 9.17) is 0 Å². The van der Waals surface area contributed by atoms with E-state index in [0.717, 1.165) is 12.8 Å². The average molecular weight is 247 g/mol. The number of hydrazine groups is 1. The molecule has 1 aliphatic carbocycles. The summed E-state index contributed by atoms with van der Waals surface area (Å²) in [6.45, 7) is 0. The fourth-order valence-electron chi connectivity index (χ4n) is 2.22. The molecular weight excluding hydrogens is 230 g/mol. The van der Waals surface area contributed by atoms with E-state index >= 15 is 0 Å². The smallest absolute Gasteiger partial charge is 0.271 e. The van der Waals surface area contributed by atoms with Gasteiger partial charge >= 0.3 is 0 Å². The first-order valence-corrected chi connectivity index (χ1v) is 6.25. The van der Waals surface area contributed by atoms with Crippen molar-refractivity contribution in [2.24, 2.45) is 5.92 Å². The van der Waals surface area contributed by atoms with Crippen molar-refractivity contribution in [1.29, 1.82) is 0 Å². The summed E-state index contributed by atoms with van der Waals surface area (Å²) in [4.78, 5) is 27.1. The Morgan fingerprint density at radius 2 is 2.06 bits per heavy atom. The second-order valence-corrected chi connectivity index (χ2v) is 4.60. The molecule has 1 heterocycles. The molecule has 0 aromatic carbocycles. The fourth-order valence-corrected chi connectivity index (χ4v) is 2.22. The van der Waals surface area contributed by atoms with Crippen LogP contribution < -0.4 is 10.9 Å². The third-order valence-corrected chi connectivity index (χ3v) is 3.19. The molecule has 5 nitrogen and oxygen atoms in total. The summed E-state index contributed by atoms with van der Waals surface area (Å²) in [6, 6.07) is 3.32. The van der Waals surface area contributed by atoms with Crippen LogP contribution in [0.1, 0.15) is 42.5 Å². The molecule has 0 atom stereocenters. The molecule has 96 valence electrons. The van der Waals surface area contributed by atoms with Crippen molar-refractivity contribution < 1.29 is 9.59 Å². The van der Waals surface area contributed by atoms with Gasteiger partial charge in [0.05, 0.1) is 5.56 Å². The molecule has 1 aromatic heterocycles. The zero-order valence-electron chi connectivity index (χ0n) is 10.2. The first kappa shape index (κ1) is 12.5. The van der Waals surface area contributed by atoms with E-state index in [0.29, 0.717) is 17.9 Å². The largest absolute Gasteiger partial charge is 0.273 e. The molecular formula is C13H17N3O2. The van der Waals surface area contributed by atoms with E-state index in [2.05, 4.69) is 15.8 Å². The number of hydrogen-bond donors (Lipinski definition) is 2. The van der Waals surface area contributed by atoms with Gasteiger partial charge in [-0.3, -0.25) is 25.4 Å². The third kappa shape index (κ3) is 3.55. The molecule has 0 radical (unpaired) electrons. The van der Waals surface area contributed by atoms with Crippen molar-refractivity contribution in [1.82, 2.24) is 15.8 Å². The maximum atomic E-state index is 11.6. The van der Waals surface area contributed by atoms with Gasteiger partial charge in [-0.25, -0.2) is 0 Å². The van der Waals surface area contributed by atoms with Gasteiger partial charge in [-0.2, -0.15) is 0 Å². The minimum atomic E-state index is -0.345. The average Bonchev–Trinajstić information content (AvgIpc) is 2.90. The van der Waals surface area contributed by atoms with E-state index < -0.39 is 0 Å². The first-order valence-electron chi connectivity index (χ1n) is 6.25. The van der Waals surface area contributed by atoms with E-state index in [9.17, 15) is 9.59 Å². The standard InChI is InChI=1S/C13H17N3O2/c17-12(8-10-4-1-2-5-10)15-16-13(18)11-6-3-7-14-9-11/h3,6-7,9-10H,1-2,4-5,8H2,(H,15,17)(H,16,18). The number of pyridine rings is 1. The molecule has 0 aliphatic heterocycles. The van der Waals surface area contributed by atoms with Crippen molar-refractivity contribution in [3.05, 3.63) is 30.1 Å². The number of carbonyl (C=O) groups excluding carboxylic acids is 2. The molecule has 0 bridgehead atoms. The lowest BCUT2D eigenvalue weighted by Gasteiger charge is -2.10. The second-order valence-electron chi connectivity index (χ2n) is 4.60. The van der Waals surface area contributed by atoms with Crippen molar-refractivity contribution in [3.63, 3.8) is 0 Å². The van der Waals surface area contributed by atoms with Crippen molar-refractivity contribution in [3.8, 4) is 0 Å². The van der Waals surface area contributed by atoms with Crippen LogP contribution in [0.2, 0.25) is 0 Å². The van der Waals surface area contributed by atoms with Gasteiger partial charge in [-0.15, -0.1) is 0 Å². The van der Waals surface area contributed by atoms with E-state index in [1.807, 2.05) is 0 Å². The fraction of sp³-hybridized carbons (Fsp3) is 0.462. The van der Waals surface area contributed by atoms with Crippen molar-refractivity contribution in [2.75, 3.05) is 0 Å². The monoisotopic (exact) mass is 247 g/mol. The molecule has 0 unspecified atom stereocenters. The first-order chi connectivity index (χ1) is 8.75. The summed E-state index contributed by atoms with van der Waals surface area (Å²) < 4.78 is 0. The Labute approximate surface area is 106 Å². The number of amides is 2. The summed E-state index contributed by atoms with van der Waals surface area (Å²) >= 11 is 0. The summed E-state index contributed by atoms with van der Waals surface area (Å²) in [5.41, 5.74) is 5.27. The lowest BCUT2D eigenvalue weighted by atomic mass is 10.0.